The highest BCUT2D eigenvalue weighted by Gasteiger charge is 2.02. The molecule has 0 saturated carbocycles. The number of hydrogen-bond donors (Lipinski definition) is 1. The maximum Gasteiger partial charge on any atom is 0.0589 e. The van der Waals surface area contributed by atoms with Gasteiger partial charge >= 0.3 is 0 Å². The van der Waals surface area contributed by atoms with E-state index in [4.69, 9.17) is 10.5 Å². The maximum absolute atomic E-state index is 5.60. The summed E-state index contributed by atoms with van der Waals surface area (Å²) in [6, 6.07) is 0. The summed E-state index contributed by atoms with van der Waals surface area (Å²) in [5, 5.41) is 0. The first-order valence-electron chi connectivity index (χ1n) is 7.26. The SMILES string of the molecule is CCCCCCCCCN(CCN)CCOC. The van der Waals surface area contributed by atoms with Crippen LogP contribution < -0.4 is 5.73 Å². The highest BCUT2D eigenvalue weighted by atomic mass is 16.5. The molecule has 0 aliphatic rings. The van der Waals surface area contributed by atoms with E-state index in [1.54, 1.807) is 7.11 Å². The van der Waals surface area contributed by atoms with Gasteiger partial charge in [-0.15, -0.1) is 0 Å². The Morgan fingerprint density at radius 2 is 1.53 bits per heavy atom. The number of ether oxygens (including phenoxy) is 1. The Balaban J connectivity index is 3.34. The lowest BCUT2D eigenvalue weighted by Crippen LogP contribution is -2.33. The number of rotatable bonds is 13. The predicted octanol–water partition coefficient (Wildman–Crippen LogP) is 2.64. The van der Waals surface area contributed by atoms with E-state index in [-0.39, 0.29) is 0 Å². The van der Waals surface area contributed by atoms with Crippen LogP contribution in [0.5, 0.6) is 0 Å². The fraction of sp³-hybridized carbons (Fsp3) is 1.00. The summed E-state index contributed by atoms with van der Waals surface area (Å²) in [5.74, 6) is 0. The molecule has 0 aromatic heterocycles. The molecule has 0 saturated heterocycles. The van der Waals surface area contributed by atoms with E-state index >= 15 is 0 Å². The van der Waals surface area contributed by atoms with Crippen LogP contribution >= 0.6 is 0 Å². The van der Waals surface area contributed by atoms with Gasteiger partial charge in [0.05, 0.1) is 6.61 Å². The number of methoxy groups -OCH3 is 1. The molecule has 0 aliphatic heterocycles. The summed E-state index contributed by atoms with van der Waals surface area (Å²) >= 11 is 0. The lowest BCUT2D eigenvalue weighted by atomic mass is 10.1. The van der Waals surface area contributed by atoms with Crippen molar-refractivity contribution in [3.8, 4) is 0 Å². The van der Waals surface area contributed by atoms with Crippen molar-refractivity contribution in [2.24, 2.45) is 5.73 Å². The summed E-state index contributed by atoms with van der Waals surface area (Å²) in [6.45, 7) is 7.02. The van der Waals surface area contributed by atoms with Crippen LogP contribution in [-0.4, -0.2) is 44.8 Å². The molecule has 3 nitrogen and oxygen atoms in total. The molecular formula is C14H32N2O. The summed E-state index contributed by atoms with van der Waals surface area (Å²) in [5.41, 5.74) is 5.60. The van der Waals surface area contributed by atoms with Crippen molar-refractivity contribution in [1.29, 1.82) is 0 Å². The minimum absolute atomic E-state index is 0.750. The fourth-order valence-corrected chi connectivity index (χ4v) is 2.03. The number of nitrogens with zero attached hydrogens (tertiary/aromatic N) is 1. The number of unbranched alkanes of at least 4 members (excludes halogenated alkanes) is 6. The van der Waals surface area contributed by atoms with Crippen molar-refractivity contribution in [1.82, 2.24) is 4.90 Å². The first-order valence-corrected chi connectivity index (χ1v) is 7.26. The smallest absolute Gasteiger partial charge is 0.0589 e. The van der Waals surface area contributed by atoms with Gasteiger partial charge in [-0.2, -0.15) is 0 Å². The second-order valence-corrected chi connectivity index (χ2v) is 4.74. The molecule has 0 amide bonds. The zero-order valence-corrected chi connectivity index (χ0v) is 11.9. The molecule has 0 heterocycles. The van der Waals surface area contributed by atoms with Gasteiger partial charge in [0.1, 0.15) is 0 Å². The molecule has 0 aliphatic carbocycles. The summed E-state index contributed by atoms with van der Waals surface area (Å²) in [7, 11) is 1.76. The molecule has 0 rings (SSSR count). The van der Waals surface area contributed by atoms with Crippen molar-refractivity contribution in [2.75, 3.05) is 39.9 Å². The quantitative estimate of drug-likeness (QED) is 0.506. The molecule has 2 N–H and O–H groups in total. The van der Waals surface area contributed by atoms with E-state index in [9.17, 15) is 0 Å². The zero-order valence-electron chi connectivity index (χ0n) is 11.9. The minimum atomic E-state index is 0.750. The van der Waals surface area contributed by atoms with E-state index < -0.39 is 0 Å². The van der Waals surface area contributed by atoms with Gasteiger partial charge in [-0.05, 0) is 13.0 Å². The first kappa shape index (κ1) is 16.9. The van der Waals surface area contributed by atoms with Gasteiger partial charge in [0.25, 0.3) is 0 Å². The molecule has 0 radical (unpaired) electrons. The van der Waals surface area contributed by atoms with Crippen LogP contribution in [-0.2, 0) is 4.74 Å². The van der Waals surface area contributed by atoms with Gasteiger partial charge < -0.3 is 10.5 Å². The minimum Gasteiger partial charge on any atom is -0.383 e. The Hall–Kier alpha value is -0.120. The third-order valence-electron chi connectivity index (χ3n) is 3.13. The van der Waals surface area contributed by atoms with Crippen LogP contribution in [0.2, 0.25) is 0 Å². The van der Waals surface area contributed by atoms with Gasteiger partial charge in [0, 0.05) is 26.7 Å². The summed E-state index contributed by atoms with van der Waals surface area (Å²) in [4.78, 5) is 2.41. The van der Waals surface area contributed by atoms with E-state index in [1.165, 1.54) is 51.5 Å². The fourth-order valence-electron chi connectivity index (χ4n) is 2.03. The lowest BCUT2D eigenvalue weighted by molar-refractivity contribution is 0.148. The average molecular weight is 244 g/mol. The van der Waals surface area contributed by atoms with Crippen LogP contribution in [0.3, 0.4) is 0 Å². The van der Waals surface area contributed by atoms with Crippen molar-refractivity contribution >= 4 is 0 Å². The third-order valence-corrected chi connectivity index (χ3v) is 3.13. The van der Waals surface area contributed by atoms with Crippen molar-refractivity contribution in [3.05, 3.63) is 0 Å². The molecule has 3 heteroatoms. The van der Waals surface area contributed by atoms with Gasteiger partial charge in [-0.1, -0.05) is 45.4 Å². The van der Waals surface area contributed by atoms with Crippen molar-refractivity contribution in [3.63, 3.8) is 0 Å². The van der Waals surface area contributed by atoms with Crippen LogP contribution in [0.25, 0.3) is 0 Å². The molecule has 0 spiro atoms. The molecule has 0 bridgehead atoms. The van der Waals surface area contributed by atoms with Crippen molar-refractivity contribution < 1.29 is 4.74 Å². The third kappa shape index (κ3) is 12.1. The van der Waals surface area contributed by atoms with Gasteiger partial charge in [-0.25, -0.2) is 0 Å². The molecule has 0 aromatic rings. The Morgan fingerprint density at radius 3 is 2.12 bits per heavy atom. The first-order chi connectivity index (χ1) is 8.35. The summed E-state index contributed by atoms with van der Waals surface area (Å²) < 4.78 is 5.11. The molecule has 0 aromatic carbocycles. The second-order valence-electron chi connectivity index (χ2n) is 4.74. The largest absolute Gasteiger partial charge is 0.383 e. The van der Waals surface area contributed by atoms with Crippen molar-refractivity contribution in [2.45, 2.75) is 51.9 Å². The number of hydrogen-bond acceptors (Lipinski definition) is 3. The standard InChI is InChI=1S/C14H32N2O/c1-3-4-5-6-7-8-9-11-16(12-10-15)13-14-17-2/h3-15H2,1-2H3. The predicted molar refractivity (Wildman–Crippen MR) is 75.4 cm³/mol. The number of nitrogens with two attached hydrogens (primary N) is 1. The summed E-state index contributed by atoms with van der Waals surface area (Å²) in [6.07, 6.45) is 9.60. The van der Waals surface area contributed by atoms with Crippen LogP contribution in [0.4, 0.5) is 0 Å². The Morgan fingerprint density at radius 1 is 0.882 bits per heavy atom. The van der Waals surface area contributed by atoms with Crippen LogP contribution in [0.1, 0.15) is 51.9 Å². The van der Waals surface area contributed by atoms with E-state index in [1.807, 2.05) is 0 Å². The molecule has 0 fully saturated rings. The normalized spacial score (nSPS) is 11.3. The molecule has 17 heavy (non-hydrogen) atoms. The van der Waals surface area contributed by atoms with E-state index in [0.717, 1.165) is 26.2 Å². The van der Waals surface area contributed by atoms with E-state index in [0.29, 0.717) is 0 Å². The topological polar surface area (TPSA) is 38.5 Å². The second kappa shape index (κ2) is 13.9. The molecule has 104 valence electrons. The highest BCUT2D eigenvalue weighted by molar-refractivity contribution is 4.58. The van der Waals surface area contributed by atoms with Gasteiger partial charge in [0.15, 0.2) is 0 Å². The monoisotopic (exact) mass is 244 g/mol. The Kier molecular flexibility index (Phi) is 13.8. The average Bonchev–Trinajstić information content (AvgIpc) is 2.34. The van der Waals surface area contributed by atoms with Crippen LogP contribution in [0.15, 0.2) is 0 Å². The van der Waals surface area contributed by atoms with E-state index in [2.05, 4.69) is 11.8 Å². The highest BCUT2D eigenvalue weighted by Crippen LogP contribution is 2.07. The maximum atomic E-state index is 5.60. The Bertz CT molecular complexity index is 142. The molecular weight excluding hydrogens is 212 g/mol. The molecule has 0 atom stereocenters. The van der Waals surface area contributed by atoms with Gasteiger partial charge in [0.2, 0.25) is 0 Å². The molecule has 0 unspecified atom stereocenters. The van der Waals surface area contributed by atoms with Crippen LogP contribution in [0, 0.1) is 0 Å². The van der Waals surface area contributed by atoms with Gasteiger partial charge in [-0.3, -0.25) is 4.90 Å². The lowest BCUT2D eigenvalue weighted by Gasteiger charge is -2.20. The Labute approximate surface area is 108 Å². The zero-order chi connectivity index (χ0) is 12.8.